The van der Waals surface area contributed by atoms with E-state index in [1.165, 1.54) is 12.0 Å². The van der Waals surface area contributed by atoms with Crippen molar-refractivity contribution in [1.82, 2.24) is 20.0 Å². The highest BCUT2D eigenvalue weighted by atomic mass is 16.5. The first-order chi connectivity index (χ1) is 13.1. The third kappa shape index (κ3) is 3.29. The van der Waals surface area contributed by atoms with Crippen LogP contribution >= 0.6 is 0 Å². The van der Waals surface area contributed by atoms with Crippen LogP contribution in [0.25, 0.3) is 0 Å². The number of methoxy groups -OCH3 is 1. The summed E-state index contributed by atoms with van der Waals surface area (Å²) in [6.07, 6.45) is 9.27. The molecule has 27 heavy (non-hydrogen) atoms. The lowest BCUT2D eigenvalue weighted by molar-refractivity contribution is 0.178. The summed E-state index contributed by atoms with van der Waals surface area (Å²) in [5.74, 6) is 0.917. The summed E-state index contributed by atoms with van der Waals surface area (Å²) < 4.78 is 7.38. The van der Waals surface area contributed by atoms with Crippen LogP contribution < -0.4 is 10.1 Å². The Hall–Kier alpha value is -2.50. The standard InChI is InChI=1S/C21H28N4O2/c1-24-14-16(13-23-24)18-8-5-12-25(18)20(26)22-15-21(10-6-11-21)17-7-3-4-9-19(17)27-2/h3-4,7,9,13-14,18H,5-6,8,10-12,15H2,1-2H3,(H,22,26). The number of hydrogen-bond acceptors (Lipinski definition) is 3. The summed E-state index contributed by atoms with van der Waals surface area (Å²) in [4.78, 5) is 14.9. The fourth-order valence-corrected chi connectivity index (χ4v) is 4.54. The summed E-state index contributed by atoms with van der Waals surface area (Å²) in [7, 11) is 3.63. The highest BCUT2D eigenvalue weighted by Crippen LogP contribution is 2.46. The molecule has 0 radical (unpaired) electrons. The topological polar surface area (TPSA) is 59.4 Å². The maximum absolute atomic E-state index is 13.0. The van der Waals surface area contributed by atoms with Gasteiger partial charge in [-0.2, -0.15) is 5.10 Å². The number of carbonyl (C=O) groups is 1. The predicted octanol–water partition coefficient (Wildman–Crippen LogP) is 3.40. The molecule has 4 rings (SSSR count). The molecule has 2 aliphatic rings. The largest absolute Gasteiger partial charge is 0.496 e. The van der Waals surface area contributed by atoms with Gasteiger partial charge in [0.2, 0.25) is 0 Å². The Morgan fingerprint density at radius 2 is 2.15 bits per heavy atom. The molecule has 144 valence electrons. The normalized spacial score (nSPS) is 21.0. The number of nitrogens with one attached hydrogen (secondary N) is 1. The summed E-state index contributed by atoms with van der Waals surface area (Å²) in [5, 5.41) is 7.49. The second-order valence-corrected chi connectivity index (χ2v) is 7.79. The first-order valence-corrected chi connectivity index (χ1v) is 9.79. The molecule has 2 aromatic rings. The van der Waals surface area contributed by atoms with Crippen LogP contribution in [0.1, 0.15) is 49.3 Å². The summed E-state index contributed by atoms with van der Waals surface area (Å²) in [6, 6.07) is 8.35. The molecule has 1 aliphatic heterocycles. The van der Waals surface area contributed by atoms with Gasteiger partial charge in [0.05, 0.1) is 19.3 Å². The second kappa shape index (κ2) is 7.25. The summed E-state index contributed by atoms with van der Waals surface area (Å²) in [5.41, 5.74) is 2.32. The van der Waals surface area contributed by atoms with Crippen molar-refractivity contribution in [2.75, 3.05) is 20.2 Å². The molecular weight excluding hydrogens is 340 g/mol. The van der Waals surface area contributed by atoms with Gasteiger partial charge in [-0.1, -0.05) is 24.6 Å². The van der Waals surface area contributed by atoms with Gasteiger partial charge in [0, 0.05) is 42.9 Å². The Kier molecular flexibility index (Phi) is 4.81. The second-order valence-electron chi connectivity index (χ2n) is 7.79. The number of carbonyl (C=O) groups excluding carboxylic acids is 1. The van der Waals surface area contributed by atoms with Crippen molar-refractivity contribution in [3.63, 3.8) is 0 Å². The molecule has 2 heterocycles. The van der Waals surface area contributed by atoms with E-state index in [2.05, 4.69) is 22.5 Å². The molecular formula is C21H28N4O2. The molecule has 1 N–H and O–H groups in total. The van der Waals surface area contributed by atoms with Crippen molar-refractivity contribution >= 4 is 6.03 Å². The van der Waals surface area contributed by atoms with Crippen LogP contribution in [0, 0.1) is 0 Å². The lowest BCUT2D eigenvalue weighted by Gasteiger charge is -2.43. The van der Waals surface area contributed by atoms with Gasteiger partial charge < -0.3 is 15.0 Å². The Morgan fingerprint density at radius 1 is 1.33 bits per heavy atom. The van der Waals surface area contributed by atoms with E-state index in [-0.39, 0.29) is 17.5 Å². The molecule has 0 spiro atoms. The van der Waals surface area contributed by atoms with E-state index in [1.54, 1.807) is 11.8 Å². The number of ether oxygens (including phenoxy) is 1. The lowest BCUT2D eigenvalue weighted by Crippen LogP contribution is -2.49. The van der Waals surface area contributed by atoms with Crippen molar-refractivity contribution in [3.8, 4) is 5.75 Å². The Labute approximate surface area is 160 Å². The number of hydrogen-bond donors (Lipinski definition) is 1. The molecule has 1 saturated carbocycles. The van der Waals surface area contributed by atoms with Crippen molar-refractivity contribution in [2.45, 2.75) is 43.6 Å². The minimum atomic E-state index is -0.00815. The number of aromatic nitrogens is 2. The molecule has 1 aromatic carbocycles. The van der Waals surface area contributed by atoms with E-state index >= 15 is 0 Å². The van der Waals surface area contributed by atoms with Crippen LogP contribution in [-0.2, 0) is 12.5 Å². The van der Waals surface area contributed by atoms with E-state index < -0.39 is 0 Å². The van der Waals surface area contributed by atoms with Crippen molar-refractivity contribution < 1.29 is 9.53 Å². The number of para-hydroxylation sites is 1. The number of amides is 2. The number of aryl methyl sites for hydroxylation is 1. The summed E-state index contributed by atoms with van der Waals surface area (Å²) in [6.45, 7) is 1.45. The molecule has 2 amide bonds. The fourth-order valence-electron chi connectivity index (χ4n) is 4.54. The Balaban J connectivity index is 1.46. The number of urea groups is 1. The highest BCUT2D eigenvalue weighted by Gasteiger charge is 2.41. The average Bonchev–Trinajstić information content (AvgIpc) is 3.29. The van der Waals surface area contributed by atoms with E-state index in [0.29, 0.717) is 6.54 Å². The molecule has 6 nitrogen and oxygen atoms in total. The molecule has 2 fully saturated rings. The van der Waals surface area contributed by atoms with Gasteiger partial charge in [-0.15, -0.1) is 0 Å². The van der Waals surface area contributed by atoms with E-state index in [1.807, 2.05) is 36.5 Å². The smallest absolute Gasteiger partial charge is 0.317 e. The zero-order valence-corrected chi connectivity index (χ0v) is 16.1. The van der Waals surface area contributed by atoms with Crippen molar-refractivity contribution in [3.05, 3.63) is 47.8 Å². The number of rotatable bonds is 5. The number of benzene rings is 1. The van der Waals surface area contributed by atoms with Crippen LogP contribution in [0.3, 0.4) is 0 Å². The number of nitrogens with zero attached hydrogens (tertiary/aromatic N) is 3. The molecule has 6 heteroatoms. The van der Waals surface area contributed by atoms with Crippen LogP contribution in [0.15, 0.2) is 36.7 Å². The zero-order chi connectivity index (χ0) is 18.9. The first kappa shape index (κ1) is 17.9. The Morgan fingerprint density at radius 3 is 2.81 bits per heavy atom. The third-order valence-electron chi connectivity index (χ3n) is 6.19. The third-order valence-corrected chi connectivity index (χ3v) is 6.19. The predicted molar refractivity (Wildman–Crippen MR) is 104 cm³/mol. The van der Waals surface area contributed by atoms with Crippen LogP contribution in [0.2, 0.25) is 0 Å². The van der Waals surface area contributed by atoms with E-state index in [0.717, 1.165) is 43.5 Å². The fraction of sp³-hybridized carbons (Fsp3) is 0.524. The van der Waals surface area contributed by atoms with E-state index in [9.17, 15) is 4.79 Å². The Bertz CT molecular complexity index is 812. The molecule has 1 unspecified atom stereocenters. The number of likely N-dealkylation sites (tertiary alicyclic amines) is 1. The minimum absolute atomic E-state index is 0.00815. The molecule has 1 aromatic heterocycles. The van der Waals surface area contributed by atoms with Crippen LogP contribution in [0.5, 0.6) is 5.75 Å². The van der Waals surface area contributed by atoms with Gasteiger partial charge in [-0.05, 0) is 31.7 Å². The van der Waals surface area contributed by atoms with Gasteiger partial charge in [0.1, 0.15) is 5.75 Å². The van der Waals surface area contributed by atoms with Gasteiger partial charge in [-0.25, -0.2) is 4.79 Å². The first-order valence-electron chi connectivity index (χ1n) is 9.79. The maximum Gasteiger partial charge on any atom is 0.317 e. The monoisotopic (exact) mass is 368 g/mol. The maximum atomic E-state index is 13.0. The van der Waals surface area contributed by atoms with Gasteiger partial charge >= 0.3 is 6.03 Å². The van der Waals surface area contributed by atoms with Gasteiger partial charge in [-0.3, -0.25) is 4.68 Å². The highest BCUT2D eigenvalue weighted by molar-refractivity contribution is 5.75. The van der Waals surface area contributed by atoms with Gasteiger partial charge in [0.25, 0.3) is 0 Å². The van der Waals surface area contributed by atoms with Gasteiger partial charge in [0.15, 0.2) is 0 Å². The SMILES string of the molecule is COc1ccccc1C1(CNC(=O)N2CCCC2c2cnn(C)c2)CCC1. The molecule has 1 aliphatic carbocycles. The lowest BCUT2D eigenvalue weighted by atomic mass is 9.64. The van der Waals surface area contributed by atoms with Crippen LogP contribution in [-0.4, -0.2) is 40.9 Å². The minimum Gasteiger partial charge on any atom is -0.496 e. The van der Waals surface area contributed by atoms with Crippen molar-refractivity contribution in [1.29, 1.82) is 0 Å². The molecule has 1 saturated heterocycles. The molecule has 0 bridgehead atoms. The van der Waals surface area contributed by atoms with Crippen LogP contribution in [0.4, 0.5) is 4.79 Å². The average molecular weight is 368 g/mol. The quantitative estimate of drug-likeness (QED) is 0.880. The van der Waals surface area contributed by atoms with E-state index in [4.69, 9.17) is 4.74 Å². The molecule has 1 atom stereocenters. The summed E-state index contributed by atoms with van der Waals surface area (Å²) >= 11 is 0. The zero-order valence-electron chi connectivity index (χ0n) is 16.1. The van der Waals surface area contributed by atoms with Crippen molar-refractivity contribution in [2.24, 2.45) is 7.05 Å².